The highest BCUT2D eigenvalue weighted by Gasteiger charge is 2.27. The molecule has 0 radical (unpaired) electrons. The fourth-order valence-corrected chi connectivity index (χ4v) is 1.05. The third-order valence-corrected chi connectivity index (χ3v) is 1.63. The van der Waals surface area contributed by atoms with Gasteiger partial charge in [-0.3, -0.25) is 14.9 Å². The first-order chi connectivity index (χ1) is 7.47. The van der Waals surface area contributed by atoms with E-state index in [2.05, 4.69) is 4.74 Å². The van der Waals surface area contributed by atoms with Crippen molar-refractivity contribution in [2.75, 3.05) is 0 Å². The minimum Gasteiger partial charge on any atom is -0.424 e. The number of hydrogen-bond donors (Lipinski definition) is 0. The summed E-state index contributed by atoms with van der Waals surface area (Å²) in [6.07, 6.45) is 0.0515. The SMILES string of the molecule is O=Cc1ccc(F)c(OC(F)F)c1[N+](=O)[O-]. The van der Waals surface area contributed by atoms with Gasteiger partial charge in [0.2, 0.25) is 5.75 Å². The van der Waals surface area contributed by atoms with Crippen LogP contribution in [-0.2, 0) is 0 Å². The second-order valence-corrected chi connectivity index (χ2v) is 2.57. The number of carbonyl (C=O) groups excluding carboxylic acids is 1. The van der Waals surface area contributed by atoms with Gasteiger partial charge >= 0.3 is 12.3 Å². The summed E-state index contributed by atoms with van der Waals surface area (Å²) in [5, 5.41) is 10.5. The second-order valence-electron chi connectivity index (χ2n) is 2.57. The predicted octanol–water partition coefficient (Wildman–Crippen LogP) is 2.15. The van der Waals surface area contributed by atoms with E-state index in [1.807, 2.05) is 0 Å². The Bertz CT molecular complexity index is 436. The average Bonchev–Trinajstić information content (AvgIpc) is 2.19. The molecule has 16 heavy (non-hydrogen) atoms. The molecular formula is C8H4F3NO4. The Kier molecular flexibility index (Phi) is 3.44. The van der Waals surface area contributed by atoms with Crippen molar-refractivity contribution in [1.29, 1.82) is 0 Å². The zero-order chi connectivity index (χ0) is 12.3. The summed E-state index contributed by atoms with van der Waals surface area (Å²) < 4.78 is 40.4. The lowest BCUT2D eigenvalue weighted by atomic mass is 10.2. The summed E-state index contributed by atoms with van der Waals surface area (Å²) >= 11 is 0. The van der Waals surface area contributed by atoms with Crippen LogP contribution in [-0.4, -0.2) is 17.8 Å². The molecule has 0 unspecified atom stereocenters. The van der Waals surface area contributed by atoms with Gasteiger partial charge in [0.15, 0.2) is 12.1 Å². The van der Waals surface area contributed by atoms with Crippen LogP contribution >= 0.6 is 0 Å². The number of nitro benzene ring substituents is 1. The molecule has 0 aromatic heterocycles. The van der Waals surface area contributed by atoms with E-state index in [0.717, 1.165) is 6.07 Å². The van der Waals surface area contributed by atoms with Crippen molar-refractivity contribution in [2.24, 2.45) is 0 Å². The molecule has 1 rings (SSSR count). The summed E-state index contributed by atoms with van der Waals surface area (Å²) in [6, 6.07) is 1.44. The van der Waals surface area contributed by atoms with Gasteiger partial charge in [-0.2, -0.15) is 8.78 Å². The standard InChI is InChI=1S/C8H4F3NO4/c9-5-2-1-4(3-13)6(12(14)15)7(5)16-8(10)11/h1-3,8H. The normalized spacial score (nSPS) is 10.2. The first-order valence-corrected chi connectivity index (χ1v) is 3.84. The van der Waals surface area contributed by atoms with Crippen molar-refractivity contribution < 1.29 is 27.6 Å². The molecule has 0 heterocycles. The number of ether oxygens (including phenoxy) is 1. The largest absolute Gasteiger partial charge is 0.424 e. The van der Waals surface area contributed by atoms with E-state index in [-0.39, 0.29) is 6.29 Å². The van der Waals surface area contributed by atoms with Crippen molar-refractivity contribution in [3.8, 4) is 5.75 Å². The Balaban J connectivity index is 3.41. The van der Waals surface area contributed by atoms with Crippen molar-refractivity contribution in [3.05, 3.63) is 33.6 Å². The lowest BCUT2D eigenvalue weighted by Gasteiger charge is -2.07. The Morgan fingerprint density at radius 3 is 2.50 bits per heavy atom. The third kappa shape index (κ3) is 2.27. The maximum Gasteiger partial charge on any atom is 0.387 e. The summed E-state index contributed by atoms with van der Waals surface area (Å²) in [5.41, 5.74) is -1.66. The molecule has 0 aliphatic heterocycles. The van der Waals surface area contributed by atoms with Crippen LogP contribution in [0.3, 0.4) is 0 Å². The van der Waals surface area contributed by atoms with Gasteiger partial charge < -0.3 is 4.74 Å². The number of alkyl halides is 2. The molecule has 8 heteroatoms. The van der Waals surface area contributed by atoms with E-state index in [0.29, 0.717) is 6.07 Å². The van der Waals surface area contributed by atoms with Crippen LogP contribution in [0, 0.1) is 15.9 Å². The van der Waals surface area contributed by atoms with E-state index >= 15 is 0 Å². The van der Waals surface area contributed by atoms with Gasteiger partial charge in [-0.25, -0.2) is 4.39 Å². The first kappa shape index (κ1) is 12.0. The van der Waals surface area contributed by atoms with Crippen LogP contribution in [0.4, 0.5) is 18.9 Å². The first-order valence-electron chi connectivity index (χ1n) is 3.84. The average molecular weight is 235 g/mol. The van der Waals surface area contributed by atoms with E-state index in [1.165, 1.54) is 0 Å². The summed E-state index contributed by atoms with van der Waals surface area (Å²) in [6.45, 7) is -3.42. The highest BCUT2D eigenvalue weighted by Crippen LogP contribution is 2.33. The number of hydrogen-bond acceptors (Lipinski definition) is 4. The summed E-state index contributed by atoms with van der Waals surface area (Å²) in [4.78, 5) is 19.7. The fraction of sp³-hybridized carbons (Fsp3) is 0.125. The number of nitro groups is 1. The van der Waals surface area contributed by atoms with Gasteiger partial charge in [0, 0.05) is 0 Å². The molecule has 0 aliphatic rings. The van der Waals surface area contributed by atoms with Crippen LogP contribution in [0.15, 0.2) is 12.1 Å². The molecule has 0 aliphatic carbocycles. The lowest BCUT2D eigenvalue weighted by Crippen LogP contribution is -2.08. The van der Waals surface area contributed by atoms with Crippen LogP contribution in [0.5, 0.6) is 5.75 Å². The molecule has 0 saturated heterocycles. The number of halogens is 3. The molecule has 0 fully saturated rings. The third-order valence-electron chi connectivity index (χ3n) is 1.63. The molecule has 0 atom stereocenters. The maximum atomic E-state index is 13.0. The van der Waals surface area contributed by atoms with Crippen molar-refractivity contribution in [3.63, 3.8) is 0 Å². The molecule has 0 N–H and O–H groups in total. The lowest BCUT2D eigenvalue weighted by molar-refractivity contribution is -0.386. The molecule has 0 spiro atoms. The van der Waals surface area contributed by atoms with Gasteiger partial charge in [0.05, 0.1) is 10.5 Å². The molecule has 1 aromatic carbocycles. The molecular weight excluding hydrogens is 231 g/mol. The smallest absolute Gasteiger partial charge is 0.387 e. The second kappa shape index (κ2) is 4.60. The van der Waals surface area contributed by atoms with Crippen molar-refractivity contribution in [1.82, 2.24) is 0 Å². The Labute approximate surface area is 86.6 Å². The Morgan fingerprint density at radius 1 is 1.44 bits per heavy atom. The molecule has 1 aromatic rings. The number of benzene rings is 1. The zero-order valence-electron chi connectivity index (χ0n) is 7.52. The topological polar surface area (TPSA) is 69.4 Å². The van der Waals surface area contributed by atoms with Crippen LogP contribution < -0.4 is 4.74 Å². The van der Waals surface area contributed by atoms with E-state index < -0.39 is 34.4 Å². The number of rotatable bonds is 4. The molecule has 86 valence electrons. The maximum absolute atomic E-state index is 13.0. The van der Waals surface area contributed by atoms with E-state index in [4.69, 9.17) is 0 Å². The fourth-order valence-electron chi connectivity index (χ4n) is 1.05. The summed E-state index contributed by atoms with van der Waals surface area (Å²) in [5.74, 6) is -2.58. The van der Waals surface area contributed by atoms with Gasteiger partial charge in [-0.1, -0.05) is 0 Å². The van der Waals surface area contributed by atoms with Gasteiger partial charge in [0.25, 0.3) is 0 Å². The van der Waals surface area contributed by atoms with Crippen molar-refractivity contribution >= 4 is 12.0 Å². The monoisotopic (exact) mass is 235 g/mol. The minimum atomic E-state index is -3.42. The zero-order valence-corrected chi connectivity index (χ0v) is 7.52. The molecule has 0 amide bonds. The predicted molar refractivity (Wildman–Crippen MR) is 45.1 cm³/mol. The van der Waals surface area contributed by atoms with Gasteiger partial charge in [-0.15, -0.1) is 0 Å². The number of carbonyl (C=O) groups is 1. The quantitative estimate of drug-likeness (QED) is 0.455. The van der Waals surface area contributed by atoms with Crippen LogP contribution in [0.25, 0.3) is 0 Å². The van der Waals surface area contributed by atoms with Crippen LogP contribution in [0.2, 0.25) is 0 Å². The van der Waals surface area contributed by atoms with Gasteiger partial charge in [0.1, 0.15) is 0 Å². The molecule has 0 bridgehead atoms. The van der Waals surface area contributed by atoms with E-state index in [1.54, 1.807) is 0 Å². The highest BCUT2D eigenvalue weighted by molar-refractivity contribution is 5.83. The number of aldehydes is 1. The summed E-state index contributed by atoms with van der Waals surface area (Å²) in [7, 11) is 0. The van der Waals surface area contributed by atoms with Crippen LogP contribution in [0.1, 0.15) is 10.4 Å². The molecule has 5 nitrogen and oxygen atoms in total. The molecule has 0 saturated carbocycles. The van der Waals surface area contributed by atoms with Gasteiger partial charge in [-0.05, 0) is 12.1 Å². The minimum absolute atomic E-state index is 0.0515. The Morgan fingerprint density at radius 2 is 2.06 bits per heavy atom. The highest BCUT2D eigenvalue weighted by atomic mass is 19.3. The van der Waals surface area contributed by atoms with Crippen molar-refractivity contribution in [2.45, 2.75) is 6.61 Å². The Hall–Kier alpha value is -2.12. The van der Waals surface area contributed by atoms with E-state index in [9.17, 15) is 28.1 Å². The number of nitrogens with zero attached hydrogens (tertiary/aromatic N) is 1.